The highest BCUT2D eigenvalue weighted by atomic mass is 19.1. The lowest BCUT2D eigenvalue weighted by Gasteiger charge is -2.07. The molecule has 1 rings (SSSR count). The van der Waals surface area contributed by atoms with Crippen molar-refractivity contribution < 1.29 is 9.13 Å². The highest BCUT2D eigenvalue weighted by Gasteiger charge is 1.95. The van der Waals surface area contributed by atoms with Crippen LogP contribution >= 0.6 is 0 Å². The minimum atomic E-state index is -0.260. The van der Waals surface area contributed by atoms with Crippen LogP contribution in [0.15, 0.2) is 29.3 Å². The number of guanidine groups is 1. The number of benzene rings is 1. The molecule has 3 N–H and O–H groups in total. The van der Waals surface area contributed by atoms with Crippen LogP contribution in [-0.4, -0.2) is 25.7 Å². The lowest BCUT2D eigenvalue weighted by Crippen LogP contribution is -2.33. The molecule has 5 heteroatoms. The Bertz CT molecular complexity index is 365. The van der Waals surface area contributed by atoms with E-state index in [0.29, 0.717) is 24.9 Å². The fourth-order valence-corrected chi connectivity index (χ4v) is 1.30. The maximum absolute atomic E-state index is 12.6. The lowest BCUT2D eigenvalue weighted by atomic mass is 10.3. The highest BCUT2D eigenvalue weighted by molar-refractivity contribution is 5.77. The lowest BCUT2D eigenvalue weighted by molar-refractivity contribution is 0.311. The van der Waals surface area contributed by atoms with E-state index in [0.717, 1.165) is 19.4 Å². The van der Waals surface area contributed by atoms with Crippen molar-refractivity contribution in [3.8, 4) is 5.75 Å². The predicted octanol–water partition coefficient (Wildman–Crippen LogP) is 1.91. The SMILES string of the molecule is CCCN=C(N)NCCCOc1ccc(F)cc1. The van der Waals surface area contributed by atoms with Crippen LogP contribution in [0.25, 0.3) is 0 Å². The Morgan fingerprint density at radius 3 is 2.78 bits per heavy atom. The zero-order chi connectivity index (χ0) is 13.2. The molecule has 0 bridgehead atoms. The summed E-state index contributed by atoms with van der Waals surface area (Å²) in [6, 6.07) is 5.98. The molecule has 0 amide bonds. The number of nitrogens with two attached hydrogens (primary N) is 1. The van der Waals surface area contributed by atoms with Crippen molar-refractivity contribution in [1.82, 2.24) is 5.32 Å². The third-order valence-electron chi connectivity index (χ3n) is 2.22. The highest BCUT2D eigenvalue weighted by Crippen LogP contribution is 2.10. The maximum Gasteiger partial charge on any atom is 0.188 e. The van der Waals surface area contributed by atoms with E-state index in [1.807, 2.05) is 6.92 Å². The zero-order valence-electron chi connectivity index (χ0n) is 10.7. The molecule has 0 aliphatic heterocycles. The zero-order valence-corrected chi connectivity index (χ0v) is 10.7. The van der Waals surface area contributed by atoms with Gasteiger partial charge in [-0.25, -0.2) is 4.39 Å². The average Bonchev–Trinajstić information content (AvgIpc) is 2.38. The Kier molecular flexibility index (Phi) is 6.61. The molecule has 4 nitrogen and oxygen atoms in total. The number of ether oxygens (including phenoxy) is 1. The van der Waals surface area contributed by atoms with E-state index >= 15 is 0 Å². The summed E-state index contributed by atoms with van der Waals surface area (Å²) in [6.07, 6.45) is 1.79. The van der Waals surface area contributed by atoms with E-state index < -0.39 is 0 Å². The molecule has 18 heavy (non-hydrogen) atoms. The standard InChI is InChI=1S/C13H20FN3O/c1-2-8-16-13(15)17-9-3-10-18-12-6-4-11(14)5-7-12/h4-7H,2-3,8-10H2,1H3,(H3,15,16,17). The molecule has 0 spiro atoms. The molecule has 0 heterocycles. The number of aliphatic imine (C=N–C) groups is 1. The summed E-state index contributed by atoms with van der Waals surface area (Å²) in [5, 5.41) is 3.00. The van der Waals surface area contributed by atoms with Gasteiger partial charge in [0.15, 0.2) is 5.96 Å². The first-order chi connectivity index (χ1) is 8.72. The molecular weight excluding hydrogens is 233 g/mol. The summed E-state index contributed by atoms with van der Waals surface area (Å²) >= 11 is 0. The molecule has 1 aromatic carbocycles. The van der Waals surface area contributed by atoms with E-state index in [1.165, 1.54) is 12.1 Å². The van der Waals surface area contributed by atoms with Crippen molar-refractivity contribution in [2.45, 2.75) is 19.8 Å². The molecule has 0 aliphatic rings. The van der Waals surface area contributed by atoms with E-state index in [-0.39, 0.29) is 5.82 Å². The fourth-order valence-electron chi connectivity index (χ4n) is 1.30. The smallest absolute Gasteiger partial charge is 0.188 e. The number of nitrogens with zero attached hydrogens (tertiary/aromatic N) is 1. The first kappa shape index (κ1) is 14.3. The van der Waals surface area contributed by atoms with Gasteiger partial charge in [0, 0.05) is 13.1 Å². The van der Waals surface area contributed by atoms with Crippen LogP contribution < -0.4 is 15.8 Å². The van der Waals surface area contributed by atoms with Crippen LogP contribution in [-0.2, 0) is 0 Å². The Hall–Kier alpha value is -1.78. The molecule has 0 saturated carbocycles. The second kappa shape index (κ2) is 8.33. The molecule has 0 aromatic heterocycles. The maximum atomic E-state index is 12.6. The van der Waals surface area contributed by atoms with Crippen molar-refractivity contribution in [1.29, 1.82) is 0 Å². The molecule has 0 aliphatic carbocycles. The molecule has 100 valence electrons. The summed E-state index contributed by atoms with van der Waals surface area (Å²) in [5.41, 5.74) is 5.63. The molecule has 0 radical (unpaired) electrons. The third-order valence-corrected chi connectivity index (χ3v) is 2.22. The molecule has 1 aromatic rings. The third kappa shape index (κ3) is 6.08. The van der Waals surface area contributed by atoms with Gasteiger partial charge in [-0.3, -0.25) is 4.99 Å². The van der Waals surface area contributed by atoms with E-state index in [1.54, 1.807) is 12.1 Å². The average molecular weight is 253 g/mol. The Morgan fingerprint density at radius 1 is 1.39 bits per heavy atom. The predicted molar refractivity (Wildman–Crippen MR) is 71.3 cm³/mol. The van der Waals surface area contributed by atoms with Gasteiger partial charge in [0.05, 0.1) is 6.61 Å². The van der Waals surface area contributed by atoms with Crippen LogP contribution in [0.5, 0.6) is 5.75 Å². The molecule has 0 unspecified atom stereocenters. The summed E-state index contributed by atoms with van der Waals surface area (Å²) < 4.78 is 18.1. The number of halogens is 1. The van der Waals surface area contributed by atoms with Crippen molar-refractivity contribution in [2.24, 2.45) is 10.7 Å². The van der Waals surface area contributed by atoms with Gasteiger partial charge in [-0.15, -0.1) is 0 Å². The summed E-state index contributed by atoms with van der Waals surface area (Å²) in [6.45, 7) is 4.05. The van der Waals surface area contributed by atoms with Gasteiger partial charge in [0.2, 0.25) is 0 Å². The Morgan fingerprint density at radius 2 is 2.11 bits per heavy atom. The first-order valence-electron chi connectivity index (χ1n) is 6.14. The van der Waals surface area contributed by atoms with Crippen molar-refractivity contribution in [3.63, 3.8) is 0 Å². The monoisotopic (exact) mass is 253 g/mol. The fraction of sp³-hybridized carbons (Fsp3) is 0.462. The molecular formula is C13H20FN3O. The van der Waals surface area contributed by atoms with Crippen molar-refractivity contribution >= 4 is 5.96 Å². The van der Waals surface area contributed by atoms with Gasteiger partial charge in [0.25, 0.3) is 0 Å². The van der Waals surface area contributed by atoms with E-state index in [4.69, 9.17) is 10.5 Å². The first-order valence-corrected chi connectivity index (χ1v) is 6.14. The Labute approximate surface area is 107 Å². The number of rotatable bonds is 7. The quantitative estimate of drug-likeness (QED) is 0.443. The van der Waals surface area contributed by atoms with Gasteiger partial charge >= 0.3 is 0 Å². The van der Waals surface area contributed by atoms with Crippen molar-refractivity contribution in [3.05, 3.63) is 30.1 Å². The number of hydrogen-bond acceptors (Lipinski definition) is 2. The van der Waals surface area contributed by atoms with Gasteiger partial charge in [-0.05, 0) is 37.1 Å². The van der Waals surface area contributed by atoms with Crippen LogP contribution in [0.4, 0.5) is 4.39 Å². The van der Waals surface area contributed by atoms with Crippen LogP contribution in [0, 0.1) is 5.82 Å². The van der Waals surface area contributed by atoms with Gasteiger partial charge in [0.1, 0.15) is 11.6 Å². The molecule has 0 fully saturated rings. The summed E-state index contributed by atoms with van der Waals surface area (Å²) in [7, 11) is 0. The molecule has 0 saturated heterocycles. The van der Waals surface area contributed by atoms with E-state index in [2.05, 4.69) is 10.3 Å². The van der Waals surface area contributed by atoms with Gasteiger partial charge in [-0.2, -0.15) is 0 Å². The second-order valence-electron chi connectivity index (χ2n) is 3.85. The largest absolute Gasteiger partial charge is 0.494 e. The minimum absolute atomic E-state index is 0.260. The van der Waals surface area contributed by atoms with Gasteiger partial charge in [-0.1, -0.05) is 6.92 Å². The molecule has 0 atom stereocenters. The van der Waals surface area contributed by atoms with Gasteiger partial charge < -0.3 is 15.8 Å². The minimum Gasteiger partial charge on any atom is -0.494 e. The normalized spacial score (nSPS) is 11.3. The number of hydrogen-bond donors (Lipinski definition) is 2. The number of nitrogens with one attached hydrogen (secondary N) is 1. The second-order valence-corrected chi connectivity index (χ2v) is 3.85. The topological polar surface area (TPSA) is 59.6 Å². The van der Waals surface area contributed by atoms with E-state index in [9.17, 15) is 4.39 Å². The summed E-state index contributed by atoms with van der Waals surface area (Å²) in [5.74, 6) is 0.881. The van der Waals surface area contributed by atoms with Crippen LogP contribution in [0.2, 0.25) is 0 Å². The van der Waals surface area contributed by atoms with Crippen molar-refractivity contribution in [2.75, 3.05) is 19.7 Å². The van der Waals surface area contributed by atoms with Crippen LogP contribution in [0.3, 0.4) is 0 Å². The van der Waals surface area contributed by atoms with Crippen LogP contribution in [0.1, 0.15) is 19.8 Å². The summed E-state index contributed by atoms with van der Waals surface area (Å²) in [4.78, 5) is 4.11. The Balaban J connectivity index is 2.10.